The van der Waals surface area contributed by atoms with Gasteiger partial charge in [-0.15, -0.1) is 0 Å². The second kappa shape index (κ2) is 8.61. The molecule has 0 aliphatic carbocycles. The molecule has 0 aromatic carbocycles. The number of pyridine rings is 1. The molecule has 0 aliphatic rings. The van der Waals surface area contributed by atoms with Crippen molar-refractivity contribution >= 4 is 15.9 Å². The first-order valence-corrected chi connectivity index (χ1v) is 6.90. The first kappa shape index (κ1) is 14.6. The Balaban J connectivity index is 2.35. The number of nitrogens with one attached hydrogen (secondary N) is 1. The highest BCUT2D eigenvalue weighted by atomic mass is 79.9. The van der Waals surface area contributed by atoms with Crippen LogP contribution in [0, 0.1) is 0 Å². The van der Waals surface area contributed by atoms with Crippen LogP contribution in [0.4, 0.5) is 0 Å². The monoisotopic (exact) mass is 300 g/mol. The fourth-order valence-corrected chi connectivity index (χ4v) is 2.19. The molecule has 96 valence electrons. The predicted molar refractivity (Wildman–Crippen MR) is 74.2 cm³/mol. The van der Waals surface area contributed by atoms with Gasteiger partial charge in [-0.2, -0.15) is 0 Å². The van der Waals surface area contributed by atoms with Crippen LogP contribution in [0.1, 0.15) is 25.3 Å². The van der Waals surface area contributed by atoms with E-state index in [9.17, 15) is 0 Å². The third-order valence-electron chi connectivity index (χ3n) is 2.70. The van der Waals surface area contributed by atoms with Gasteiger partial charge in [-0.3, -0.25) is 4.98 Å². The Hall–Kier alpha value is -0.450. The molecule has 3 nitrogen and oxygen atoms in total. The summed E-state index contributed by atoms with van der Waals surface area (Å²) in [5.41, 5.74) is 1.26. The lowest BCUT2D eigenvalue weighted by molar-refractivity contribution is 0.141. The Labute approximate surface area is 112 Å². The topological polar surface area (TPSA) is 34.1 Å². The SMILES string of the molecule is CCOCCCC(Cc1cncc(Br)c1)NC. The maximum atomic E-state index is 5.35. The van der Waals surface area contributed by atoms with E-state index in [0.717, 1.165) is 36.9 Å². The summed E-state index contributed by atoms with van der Waals surface area (Å²) in [6.45, 7) is 3.69. The molecule has 0 saturated heterocycles. The molecule has 1 N–H and O–H groups in total. The highest BCUT2D eigenvalue weighted by Crippen LogP contribution is 2.12. The quantitative estimate of drug-likeness (QED) is 0.750. The first-order valence-electron chi connectivity index (χ1n) is 6.10. The Morgan fingerprint density at radius 3 is 2.94 bits per heavy atom. The van der Waals surface area contributed by atoms with Crippen LogP contribution in [0.2, 0.25) is 0 Å². The molecule has 1 aromatic rings. The predicted octanol–water partition coefficient (Wildman–Crippen LogP) is 2.79. The highest BCUT2D eigenvalue weighted by Gasteiger charge is 2.07. The van der Waals surface area contributed by atoms with E-state index in [0.29, 0.717) is 6.04 Å². The zero-order valence-electron chi connectivity index (χ0n) is 10.6. The van der Waals surface area contributed by atoms with Crippen molar-refractivity contribution in [3.05, 3.63) is 28.5 Å². The Bertz CT molecular complexity index is 320. The summed E-state index contributed by atoms with van der Waals surface area (Å²) in [6, 6.07) is 2.62. The summed E-state index contributed by atoms with van der Waals surface area (Å²) in [6.07, 6.45) is 6.98. The summed E-state index contributed by atoms with van der Waals surface area (Å²) in [5.74, 6) is 0. The van der Waals surface area contributed by atoms with Crippen molar-refractivity contribution in [3.63, 3.8) is 0 Å². The summed E-state index contributed by atoms with van der Waals surface area (Å²) < 4.78 is 6.39. The standard InChI is InChI=1S/C13H21BrN2O/c1-3-17-6-4-5-13(15-2)8-11-7-12(14)10-16-9-11/h7,9-10,13,15H,3-6,8H2,1-2H3. The minimum Gasteiger partial charge on any atom is -0.382 e. The summed E-state index contributed by atoms with van der Waals surface area (Å²) in [4.78, 5) is 4.18. The van der Waals surface area contributed by atoms with Crippen LogP contribution in [-0.4, -0.2) is 31.3 Å². The van der Waals surface area contributed by atoms with E-state index in [-0.39, 0.29) is 0 Å². The van der Waals surface area contributed by atoms with Gasteiger partial charge in [0, 0.05) is 36.1 Å². The van der Waals surface area contributed by atoms with Gasteiger partial charge in [-0.1, -0.05) is 0 Å². The van der Waals surface area contributed by atoms with E-state index in [1.165, 1.54) is 5.56 Å². The van der Waals surface area contributed by atoms with E-state index in [2.05, 4.69) is 32.3 Å². The van der Waals surface area contributed by atoms with Gasteiger partial charge in [0.1, 0.15) is 0 Å². The summed E-state index contributed by atoms with van der Waals surface area (Å²) in [5, 5.41) is 3.35. The molecule has 0 saturated carbocycles. The average molecular weight is 301 g/mol. The molecule has 0 fully saturated rings. The average Bonchev–Trinajstić information content (AvgIpc) is 2.33. The number of likely N-dealkylation sites (N-methyl/N-ethyl adjacent to an activating group) is 1. The van der Waals surface area contributed by atoms with Gasteiger partial charge in [0.15, 0.2) is 0 Å². The van der Waals surface area contributed by atoms with E-state index in [1.807, 2.05) is 26.4 Å². The maximum Gasteiger partial charge on any atom is 0.0466 e. The molecule has 0 radical (unpaired) electrons. The number of hydrogen-bond acceptors (Lipinski definition) is 3. The fourth-order valence-electron chi connectivity index (χ4n) is 1.78. The van der Waals surface area contributed by atoms with Crippen LogP contribution in [0.3, 0.4) is 0 Å². The lowest BCUT2D eigenvalue weighted by atomic mass is 10.0. The Morgan fingerprint density at radius 2 is 2.29 bits per heavy atom. The molecule has 0 aliphatic heterocycles. The van der Waals surface area contributed by atoms with Crippen molar-refractivity contribution in [1.29, 1.82) is 0 Å². The van der Waals surface area contributed by atoms with E-state index < -0.39 is 0 Å². The minimum absolute atomic E-state index is 0.492. The number of ether oxygens (including phenoxy) is 1. The van der Waals surface area contributed by atoms with Crippen molar-refractivity contribution in [2.75, 3.05) is 20.3 Å². The molecule has 1 aromatic heterocycles. The van der Waals surface area contributed by atoms with Gasteiger partial charge in [0.2, 0.25) is 0 Å². The number of nitrogens with zero attached hydrogens (tertiary/aromatic N) is 1. The van der Waals surface area contributed by atoms with Crippen LogP contribution < -0.4 is 5.32 Å². The van der Waals surface area contributed by atoms with Crippen LogP contribution in [0.25, 0.3) is 0 Å². The van der Waals surface area contributed by atoms with Crippen LogP contribution in [-0.2, 0) is 11.2 Å². The van der Waals surface area contributed by atoms with Gasteiger partial charge in [0.25, 0.3) is 0 Å². The van der Waals surface area contributed by atoms with E-state index in [4.69, 9.17) is 4.74 Å². The molecule has 1 unspecified atom stereocenters. The first-order chi connectivity index (χ1) is 8.26. The number of halogens is 1. The van der Waals surface area contributed by atoms with Crippen LogP contribution >= 0.6 is 15.9 Å². The number of rotatable bonds is 8. The Morgan fingerprint density at radius 1 is 1.47 bits per heavy atom. The smallest absolute Gasteiger partial charge is 0.0466 e. The second-order valence-corrected chi connectivity index (χ2v) is 4.96. The van der Waals surface area contributed by atoms with Gasteiger partial charge < -0.3 is 10.1 Å². The Kier molecular flexibility index (Phi) is 7.40. The van der Waals surface area contributed by atoms with Crippen molar-refractivity contribution in [2.24, 2.45) is 0 Å². The van der Waals surface area contributed by atoms with E-state index in [1.54, 1.807) is 0 Å². The zero-order chi connectivity index (χ0) is 12.5. The third-order valence-corrected chi connectivity index (χ3v) is 3.13. The molecular formula is C13H21BrN2O. The lowest BCUT2D eigenvalue weighted by Gasteiger charge is -2.16. The van der Waals surface area contributed by atoms with Crippen LogP contribution in [0.15, 0.2) is 22.9 Å². The third kappa shape index (κ3) is 6.15. The van der Waals surface area contributed by atoms with Crippen molar-refractivity contribution < 1.29 is 4.74 Å². The maximum absolute atomic E-state index is 5.35. The molecule has 0 bridgehead atoms. The zero-order valence-corrected chi connectivity index (χ0v) is 12.2. The fraction of sp³-hybridized carbons (Fsp3) is 0.615. The summed E-state index contributed by atoms with van der Waals surface area (Å²) >= 11 is 3.44. The van der Waals surface area contributed by atoms with Crippen molar-refractivity contribution in [2.45, 2.75) is 32.2 Å². The number of aromatic nitrogens is 1. The van der Waals surface area contributed by atoms with Gasteiger partial charge in [0.05, 0.1) is 0 Å². The largest absolute Gasteiger partial charge is 0.382 e. The van der Waals surface area contributed by atoms with E-state index >= 15 is 0 Å². The van der Waals surface area contributed by atoms with Gasteiger partial charge in [-0.25, -0.2) is 0 Å². The molecular weight excluding hydrogens is 280 g/mol. The molecule has 0 amide bonds. The van der Waals surface area contributed by atoms with Crippen LogP contribution in [0.5, 0.6) is 0 Å². The van der Waals surface area contributed by atoms with Gasteiger partial charge in [-0.05, 0) is 60.8 Å². The van der Waals surface area contributed by atoms with Crippen molar-refractivity contribution in [3.8, 4) is 0 Å². The molecule has 1 rings (SSSR count). The second-order valence-electron chi connectivity index (χ2n) is 4.04. The summed E-state index contributed by atoms with van der Waals surface area (Å²) in [7, 11) is 2.01. The number of hydrogen-bond donors (Lipinski definition) is 1. The van der Waals surface area contributed by atoms with Crippen molar-refractivity contribution in [1.82, 2.24) is 10.3 Å². The molecule has 0 spiro atoms. The van der Waals surface area contributed by atoms with Gasteiger partial charge >= 0.3 is 0 Å². The molecule has 1 atom stereocenters. The lowest BCUT2D eigenvalue weighted by Crippen LogP contribution is -2.28. The normalized spacial score (nSPS) is 12.6. The molecule has 1 heterocycles. The molecule has 17 heavy (non-hydrogen) atoms. The highest BCUT2D eigenvalue weighted by molar-refractivity contribution is 9.10. The minimum atomic E-state index is 0.492. The molecule has 4 heteroatoms.